The molecule has 0 saturated carbocycles. The Morgan fingerprint density at radius 2 is 1.37 bits per heavy atom. The van der Waals surface area contributed by atoms with Crippen LogP contribution >= 0.6 is 0 Å². The smallest absolute Gasteiger partial charge is 0.154 e. The molecule has 3 N–H and O–H groups in total. The van der Waals surface area contributed by atoms with Crippen molar-refractivity contribution < 1.29 is 0 Å². The molecule has 1 aliphatic rings. The van der Waals surface area contributed by atoms with E-state index in [-0.39, 0.29) is 5.84 Å². The first kappa shape index (κ1) is 33.1. The molecule has 57 heavy (non-hydrogen) atoms. The molecule has 0 amide bonds. The molecule has 10 aromatic rings. The zero-order valence-corrected chi connectivity index (χ0v) is 31.8. The average molecular weight is 734 g/mol. The van der Waals surface area contributed by atoms with Gasteiger partial charge >= 0.3 is 0 Å². The highest BCUT2D eigenvalue weighted by atomic mass is 15.0. The molecule has 1 atom stereocenters. The fourth-order valence-electron chi connectivity index (χ4n) is 9.35. The Morgan fingerprint density at radius 3 is 2.19 bits per heavy atom. The quantitative estimate of drug-likeness (QED) is 0.0941. The Bertz CT molecular complexity index is 3330. The monoisotopic (exact) mass is 733 g/mol. The Morgan fingerprint density at radius 1 is 0.684 bits per heavy atom. The number of nitrogens with one attached hydrogen (secondary N) is 3. The number of allylic oxidation sites excluding steroid dienone is 1. The average Bonchev–Trinajstić information content (AvgIpc) is 3.83. The molecular weight excluding hydrogens is 695 g/mol. The molecule has 0 radical (unpaired) electrons. The number of para-hydroxylation sites is 1. The summed E-state index contributed by atoms with van der Waals surface area (Å²) in [6.45, 7) is 2.31. The van der Waals surface area contributed by atoms with Crippen LogP contribution in [0, 0.1) is 11.3 Å². The van der Waals surface area contributed by atoms with Gasteiger partial charge in [-0.25, -0.2) is 4.99 Å². The van der Waals surface area contributed by atoms with E-state index in [4.69, 9.17) is 10.4 Å². The number of hydrogen-bond acceptors (Lipinski definition) is 1. The van der Waals surface area contributed by atoms with Crippen molar-refractivity contribution in [3.05, 3.63) is 180 Å². The van der Waals surface area contributed by atoms with Crippen LogP contribution in [-0.4, -0.2) is 28.3 Å². The van der Waals surface area contributed by atoms with Crippen molar-refractivity contribution in [1.29, 1.82) is 5.41 Å². The first-order chi connectivity index (χ1) is 28.1. The first-order valence-electron chi connectivity index (χ1n) is 19.7. The second-order valence-corrected chi connectivity index (χ2v) is 15.3. The Kier molecular flexibility index (Phi) is 7.51. The lowest BCUT2D eigenvalue weighted by Crippen LogP contribution is -2.22. The minimum Gasteiger partial charge on any atom is -0.373 e. The summed E-state index contributed by atoms with van der Waals surface area (Å²) >= 11 is 0. The van der Waals surface area contributed by atoms with E-state index in [0.29, 0.717) is 11.8 Å². The van der Waals surface area contributed by atoms with Gasteiger partial charge in [-0.1, -0.05) is 146 Å². The van der Waals surface area contributed by atoms with Gasteiger partial charge in [-0.3, -0.25) is 5.41 Å². The summed E-state index contributed by atoms with van der Waals surface area (Å²) in [5.74, 6) is 1.34. The van der Waals surface area contributed by atoms with Crippen LogP contribution < -0.4 is 5.32 Å². The van der Waals surface area contributed by atoms with Crippen molar-refractivity contribution in [2.75, 3.05) is 7.05 Å². The highest BCUT2D eigenvalue weighted by molar-refractivity contribution is 6.35. The van der Waals surface area contributed by atoms with Gasteiger partial charge in [0.2, 0.25) is 0 Å². The molecule has 0 spiro atoms. The van der Waals surface area contributed by atoms with Crippen LogP contribution in [-0.2, 0) is 6.42 Å². The molecule has 5 nitrogen and oxygen atoms in total. The van der Waals surface area contributed by atoms with Crippen molar-refractivity contribution in [1.82, 2.24) is 14.9 Å². The summed E-state index contributed by atoms with van der Waals surface area (Å²) in [6, 6.07) is 53.8. The minimum atomic E-state index is 0.214. The number of fused-ring (bicyclic) bond motifs is 14. The molecule has 8 aromatic carbocycles. The molecule has 272 valence electrons. The maximum absolute atomic E-state index is 8.79. The number of aromatic amines is 1. The summed E-state index contributed by atoms with van der Waals surface area (Å²) in [5.41, 5.74) is 12.5. The lowest BCUT2D eigenvalue weighted by atomic mass is 9.89. The third kappa shape index (κ3) is 5.09. The largest absolute Gasteiger partial charge is 0.373 e. The molecule has 0 bridgehead atoms. The maximum atomic E-state index is 8.79. The lowest BCUT2D eigenvalue weighted by molar-refractivity contribution is 0.719. The third-order valence-electron chi connectivity index (χ3n) is 11.9. The van der Waals surface area contributed by atoms with Crippen LogP contribution in [0.2, 0.25) is 0 Å². The standard InChI is InChI=1S/C52H39N5/c1-31-21-22-32-23-26-42-47-45(57(50(42)43(32)29-31)35-15-7-4-8-16-35)28-27-41-46-39-19-11-10-18-37(39)38-25-24-34(30-44(38)49(46)55-48(41)47)36-17-9-12-20-40(36)52(54-2)56-51(53)33-13-5-3-6-14-33/h3-28,30-31,55H,29H2,1-2H3,(H2,53,54,56). The van der Waals surface area contributed by atoms with E-state index < -0.39 is 0 Å². The molecule has 1 aliphatic carbocycles. The van der Waals surface area contributed by atoms with Gasteiger partial charge in [0, 0.05) is 50.8 Å². The van der Waals surface area contributed by atoms with Gasteiger partial charge in [-0.2, -0.15) is 0 Å². The predicted octanol–water partition coefficient (Wildman–Crippen LogP) is 12.6. The van der Waals surface area contributed by atoms with E-state index >= 15 is 0 Å². The van der Waals surface area contributed by atoms with Crippen LogP contribution in [0.5, 0.6) is 0 Å². The van der Waals surface area contributed by atoms with E-state index in [2.05, 4.69) is 149 Å². The fraction of sp³-hybridized carbons (Fsp3) is 0.0769. The summed E-state index contributed by atoms with van der Waals surface area (Å²) in [4.78, 5) is 8.87. The molecular formula is C52H39N5. The Labute approximate surface area is 330 Å². The molecule has 11 rings (SSSR count). The fourth-order valence-corrected chi connectivity index (χ4v) is 9.35. The summed E-state index contributed by atoms with van der Waals surface area (Å²) in [6.07, 6.45) is 5.65. The van der Waals surface area contributed by atoms with Gasteiger partial charge < -0.3 is 14.9 Å². The predicted molar refractivity (Wildman–Crippen MR) is 241 cm³/mol. The van der Waals surface area contributed by atoms with Gasteiger partial charge in [-0.15, -0.1) is 0 Å². The Hall–Kier alpha value is -7.24. The van der Waals surface area contributed by atoms with E-state index in [1.165, 1.54) is 70.9 Å². The van der Waals surface area contributed by atoms with Crippen molar-refractivity contribution in [2.45, 2.75) is 13.3 Å². The van der Waals surface area contributed by atoms with Gasteiger partial charge in [0.25, 0.3) is 0 Å². The number of amidine groups is 2. The second kappa shape index (κ2) is 12.9. The maximum Gasteiger partial charge on any atom is 0.154 e. The van der Waals surface area contributed by atoms with E-state index in [1.807, 2.05) is 43.4 Å². The molecule has 0 aliphatic heterocycles. The van der Waals surface area contributed by atoms with Crippen LogP contribution in [0.3, 0.4) is 0 Å². The molecule has 0 saturated heterocycles. The SMILES string of the molecule is CN/C(=N\C(=N)c1ccccc1)c1ccccc1-c1ccc2c3ccccc3c3c4ccc5c(c6ccc7c(c6n5-c5ccccc5)CC(C)C=C7)c4[nH]c3c2c1. The number of aromatic nitrogens is 2. The van der Waals surface area contributed by atoms with Gasteiger partial charge in [0.05, 0.1) is 22.1 Å². The number of aliphatic imine (C=N–C) groups is 1. The highest BCUT2D eigenvalue weighted by Crippen LogP contribution is 2.46. The molecule has 2 aromatic heterocycles. The van der Waals surface area contributed by atoms with Crippen LogP contribution in [0.1, 0.15) is 29.2 Å². The molecule has 1 unspecified atom stereocenters. The van der Waals surface area contributed by atoms with Crippen molar-refractivity contribution in [2.24, 2.45) is 10.9 Å². The lowest BCUT2D eigenvalue weighted by Gasteiger charge is -2.19. The van der Waals surface area contributed by atoms with Gasteiger partial charge in [0.1, 0.15) is 5.84 Å². The van der Waals surface area contributed by atoms with Crippen molar-refractivity contribution >= 4 is 82.9 Å². The number of benzene rings is 8. The van der Waals surface area contributed by atoms with Crippen molar-refractivity contribution in [3.63, 3.8) is 0 Å². The van der Waals surface area contributed by atoms with Gasteiger partial charge in [0.15, 0.2) is 5.84 Å². The normalized spacial score (nSPS) is 14.4. The third-order valence-corrected chi connectivity index (χ3v) is 11.9. The molecule has 2 heterocycles. The zero-order valence-electron chi connectivity index (χ0n) is 31.8. The van der Waals surface area contributed by atoms with Crippen LogP contribution in [0.4, 0.5) is 0 Å². The second-order valence-electron chi connectivity index (χ2n) is 15.3. The zero-order chi connectivity index (χ0) is 38.2. The summed E-state index contributed by atoms with van der Waals surface area (Å²) in [5, 5.41) is 21.9. The summed E-state index contributed by atoms with van der Waals surface area (Å²) < 4.78 is 2.49. The number of H-pyrrole nitrogens is 1. The Balaban J connectivity index is 1.20. The van der Waals surface area contributed by atoms with Crippen molar-refractivity contribution in [3.8, 4) is 16.8 Å². The number of nitrogens with zero attached hydrogens (tertiary/aromatic N) is 2. The van der Waals surface area contributed by atoms with Gasteiger partial charge in [-0.05, 0) is 75.0 Å². The minimum absolute atomic E-state index is 0.214. The molecule has 0 fully saturated rings. The number of hydrogen-bond donors (Lipinski definition) is 3. The highest BCUT2D eigenvalue weighted by Gasteiger charge is 2.24. The first-order valence-corrected chi connectivity index (χ1v) is 19.7. The van der Waals surface area contributed by atoms with E-state index in [1.54, 1.807) is 0 Å². The molecule has 5 heteroatoms. The van der Waals surface area contributed by atoms with Crippen LogP contribution in [0.15, 0.2) is 163 Å². The topological polar surface area (TPSA) is 69.0 Å². The van der Waals surface area contributed by atoms with E-state index in [9.17, 15) is 0 Å². The summed E-state index contributed by atoms with van der Waals surface area (Å²) in [7, 11) is 1.87. The van der Waals surface area contributed by atoms with E-state index in [0.717, 1.165) is 39.7 Å². The van der Waals surface area contributed by atoms with Crippen LogP contribution in [0.25, 0.3) is 88.0 Å². The number of rotatable bonds is 4.